The number of nitrogens with one attached hydrogen (secondary N) is 1. The molecule has 0 saturated carbocycles. The highest BCUT2D eigenvalue weighted by molar-refractivity contribution is 7.15. The maximum atomic E-state index is 10.3. The summed E-state index contributed by atoms with van der Waals surface area (Å²) in [5, 5.41) is 12.0. The molecule has 1 aliphatic carbocycles. The molecule has 13 heavy (non-hydrogen) atoms. The standard InChI is InChI=1S/C8H10N2O2S/c11-7(12)4-9-8-10-5-2-1-3-6(5)13-8/h1-4H2,(H,9,10)(H,11,12). The second-order valence-corrected chi connectivity index (χ2v) is 4.07. The maximum absolute atomic E-state index is 10.3. The van der Waals surface area contributed by atoms with Gasteiger partial charge in [0.2, 0.25) is 0 Å². The monoisotopic (exact) mass is 198 g/mol. The summed E-state index contributed by atoms with van der Waals surface area (Å²) in [6, 6.07) is 0. The summed E-state index contributed by atoms with van der Waals surface area (Å²) in [4.78, 5) is 15.9. The van der Waals surface area contributed by atoms with Gasteiger partial charge in [-0.05, 0) is 19.3 Å². The number of carbonyl (C=O) groups is 1. The molecular formula is C8H10N2O2S. The van der Waals surface area contributed by atoms with E-state index in [1.54, 1.807) is 11.3 Å². The van der Waals surface area contributed by atoms with E-state index in [1.165, 1.54) is 11.3 Å². The number of hydrogen-bond donors (Lipinski definition) is 2. The van der Waals surface area contributed by atoms with Crippen LogP contribution in [0.15, 0.2) is 0 Å². The van der Waals surface area contributed by atoms with Crippen molar-refractivity contribution in [1.82, 2.24) is 4.98 Å². The Kier molecular flexibility index (Phi) is 2.18. The van der Waals surface area contributed by atoms with Crippen LogP contribution in [0.2, 0.25) is 0 Å². The van der Waals surface area contributed by atoms with Crippen LogP contribution in [-0.4, -0.2) is 22.6 Å². The minimum Gasteiger partial charge on any atom is -0.480 e. The molecule has 4 nitrogen and oxygen atoms in total. The Balaban J connectivity index is 2.02. The summed E-state index contributed by atoms with van der Waals surface area (Å²) < 4.78 is 0. The summed E-state index contributed by atoms with van der Waals surface area (Å²) in [6.45, 7) is -0.0492. The van der Waals surface area contributed by atoms with Crippen LogP contribution in [0.3, 0.4) is 0 Å². The molecule has 70 valence electrons. The average molecular weight is 198 g/mol. The van der Waals surface area contributed by atoms with Crippen LogP contribution in [0.1, 0.15) is 17.0 Å². The fourth-order valence-electron chi connectivity index (χ4n) is 1.42. The van der Waals surface area contributed by atoms with Gasteiger partial charge in [0, 0.05) is 4.88 Å². The van der Waals surface area contributed by atoms with E-state index >= 15 is 0 Å². The highest BCUT2D eigenvalue weighted by Gasteiger charge is 2.16. The van der Waals surface area contributed by atoms with Gasteiger partial charge < -0.3 is 10.4 Å². The van der Waals surface area contributed by atoms with E-state index < -0.39 is 5.97 Å². The lowest BCUT2D eigenvalue weighted by molar-refractivity contribution is -0.134. The number of thiazole rings is 1. The van der Waals surface area contributed by atoms with Crippen molar-refractivity contribution in [2.75, 3.05) is 11.9 Å². The van der Waals surface area contributed by atoms with Crippen molar-refractivity contribution in [3.8, 4) is 0 Å². The van der Waals surface area contributed by atoms with Gasteiger partial charge in [-0.1, -0.05) is 0 Å². The van der Waals surface area contributed by atoms with E-state index in [4.69, 9.17) is 5.11 Å². The fraction of sp³-hybridized carbons (Fsp3) is 0.500. The van der Waals surface area contributed by atoms with Crippen molar-refractivity contribution < 1.29 is 9.90 Å². The zero-order chi connectivity index (χ0) is 9.26. The summed E-state index contributed by atoms with van der Waals surface area (Å²) in [6.07, 6.45) is 3.33. The second-order valence-electron chi connectivity index (χ2n) is 2.99. The summed E-state index contributed by atoms with van der Waals surface area (Å²) >= 11 is 1.58. The van der Waals surface area contributed by atoms with Crippen LogP contribution >= 0.6 is 11.3 Å². The lowest BCUT2D eigenvalue weighted by Crippen LogP contribution is -2.12. The molecule has 1 aromatic rings. The molecule has 0 fully saturated rings. The van der Waals surface area contributed by atoms with Crippen LogP contribution < -0.4 is 5.32 Å². The maximum Gasteiger partial charge on any atom is 0.322 e. The molecule has 1 aliphatic rings. The predicted octanol–water partition coefficient (Wildman–Crippen LogP) is 1.13. The molecule has 0 saturated heterocycles. The lowest BCUT2D eigenvalue weighted by Gasteiger charge is -1.96. The molecule has 0 amide bonds. The molecule has 2 N–H and O–H groups in total. The van der Waals surface area contributed by atoms with E-state index in [0.717, 1.165) is 23.7 Å². The van der Waals surface area contributed by atoms with Gasteiger partial charge in [0.05, 0.1) is 5.69 Å². The summed E-state index contributed by atoms with van der Waals surface area (Å²) in [5.41, 5.74) is 1.15. The summed E-state index contributed by atoms with van der Waals surface area (Å²) in [7, 11) is 0. The van der Waals surface area contributed by atoms with Gasteiger partial charge in [-0.2, -0.15) is 0 Å². The highest BCUT2D eigenvalue weighted by Crippen LogP contribution is 2.30. The molecule has 0 unspecified atom stereocenters. The van der Waals surface area contributed by atoms with Crippen LogP contribution in [0.5, 0.6) is 0 Å². The van der Waals surface area contributed by atoms with Crippen molar-refractivity contribution in [3.05, 3.63) is 10.6 Å². The average Bonchev–Trinajstić information content (AvgIpc) is 2.58. The number of carboxylic acids is 1. The third-order valence-corrected chi connectivity index (χ3v) is 3.10. The van der Waals surface area contributed by atoms with Crippen LogP contribution in [-0.2, 0) is 17.6 Å². The minimum absolute atomic E-state index is 0.0492. The van der Waals surface area contributed by atoms with E-state index in [2.05, 4.69) is 10.3 Å². The molecule has 0 aliphatic heterocycles. The normalized spacial score (nSPS) is 14.2. The fourth-order valence-corrected chi connectivity index (χ4v) is 2.46. The first-order valence-electron chi connectivity index (χ1n) is 4.20. The molecule has 0 spiro atoms. The molecule has 0 atom stereocenters. The van der Waals surface area contributed by atoms with Gasteiger partial charge in [0.25, 0.3) is 0 Å². The SMILES string of the molecule is O=C(O)CNc1nc2c(s1)CCC2. The van der Waals surface area contributed by atoms with E-state index in [-0.39, 0.29) is 6.54 Å². The van der Waals surface area contributed by atoms with Gasteiger partial charge in [0.1, 0.15) is 6.54 Å². The number of fused-ring (bicyclic) bond motifs is 1. The topological polar surface area (TPSA) is 62.2 Å². The third kappa shape index (κ3) is 1.80. The van der Waals surface area contributed by atoms with Crippen molar-refractivity contribution in [2.45, 2.75) is 19.3 Å². The number of rotatable bonds is 3. The first-order chi connectivity index (χ1) is 6.25. The van der Waals surface area contributed by atoms with E-state index in [9.17, 15) is 4.79 Å². The number of hydrogen-bond acceptors (Lipinski definition) is 4. The largest absolute Gasteiger partial charge is 0.480 e. The predicted molar refractivity (Wildman–Crippen MR) is 50.3 cm³/mol. The first-order valence-corrected chi connectivity index (χ1v) is 5.01. The zero-order valence-corrected chi connectivity index (χ0v) is 7.86. The Morgan fingerprint density at radius 1 is 1.62 bits per heavy atom. The molecule has 0 radical (unpaired) electrons. The van der Waals surface area contributed by atoms with E-state index in [0.29, 0.717) is 0 Å². The van der Waals surface area contributed by atoms with Crippen LogP contribution in [0, 0.1) is 0 Å². The van der Waals surface area contributed by atoms with Gasteiger partial charge in [-0.3, -0.25) is 4.79 Å². The molecule has 1 aromatic heterocycles. The molecular weight excluding hydrogens is 188 g/mol. The molecule has 0 aromatic carbocycles. The van der Waals surface area contributed by atoms with Gasteiger partial charge in [-0.25, -0.2) is 4.98 Å². The van der Waals surface area contributed by atoms with Crippen LogP contribution in [0.25, 0.3) is 0 Å². The zero-order valence-electron chi connectivity index (χ0n) is 7.04. The summed E-state index contributed by atoms with van der Waals surface area (Å²) in [5.74, 6) is -0.852. The molecule has 2 rings (SSSR count). The van der Waals surface area contributed by atoms with Crippen molar-refractivity contribution in [3.63, 3.8) is 0 Å². The number of aliphatic carboxylic acids is 1. The number of carboxylic acid groups (broad SMARTS) is 1. The van der Waals surface area contributed by atoms with Gasteiger partial charge in [-0.15, -0.1) is 11.3 Å². The molecule has 1 heterocycles. The number of aromatic nitrogens is 1. The van der Waals surface area contributed by atoms with Gasteiger partial charge in [0.15, 0.2) is 5.13 Å². The minimum atomic E-state index is -0.852. The lowest BCUT2D eigenvalue weighted by atomic mass is 10.4. The Morgan fingerprint density at radius 2 is 2.46 bits per heavy atom. The smallest absolute Gasteiger partial charge is 0.322 e. The molecule has 5 heteroatoms. The third-order valence-electron chi connectivity index (χ3n) is 1.99. The number of aryl methyl sites for hydroxylation is 2. The van der Waals surface area contributed by atoms with Gasteiger partial charge >= 0.3 is 5.97 Å². The van der Waals surface area contributed by atoms with E-state index in [1.807, 2.05) is 0 Å². The Bertz CT molecular complexity index is 313. The van der Waals surface area contributed by atoms with Crippen molar-refractivity contribution in [1.29, 1.82) is 0 Å². The highest BCUT2D eigenvalue weighted by atomic mass is 32.1. The molecule has 0 bridgehead atoms. The first kappa shape index (κ1) is 8.50. The quantitative estimate of drug-likeness (QED) is 0.764. The van der Waals surface area contributed by atoms with Crippen molar-refractivity contribution in [2.24, 2.45) is 0 Å². The number of anilines is 1. The van der Waals surface area contributed by atoms with Crippen LogP contribution in [0.4, 0.5) is 5.13 Å². The Labute approximate surface area is 79.6 Å². The number of nitrogens with zero attached hydrogens (tertiary/aromatic N) is 1. The Morgan fingerprint density at radius 3 is 3.15 bits per heavy atom. The Hall–Kier alpha value is -1.10. The van der Waals surface area contributed by atoms with Crippen molar-refractivity contribution >= 4 is 22.4 Å². The second kappa shape index (κ2) is 3.33.